The van der Waals surface area contributed by atoms with Crippen molar-refractivity contribution in [2.24, 2.45) is 0 Å². The summed E-state index contributed by atoms with van der Waals surface area (Å²) in [4.78, 5) is 36.7. The number of esters is 1. The van der Waals surface area contributed by atoms with Gasteiger partial charge < -0.3 is 10.1 Å². The molecule has 2 aromatic rings. The standard InChI is InChI=1S/C21H19N3O5S/c1-2-29-21(26)18-16-8-3-4-9-17(16)30-20(18)23-19(25)14(12-22)10-13-6-5-7-15(11-13)24(27)28/h5-7,10-11H,2-4,8-9H2,1H3,(H,23,25)/b14-10+. The normalized spacial score (nSPS) is 13.1. The molecule has 0 saturated heterocycles. The van der Waals surface area contributed by atoms with Gasteiger partial charge in [-0.2, -0.15) is 5.26 Å². The molecule has 3 rings (SSSR count). The number of anilines is 1. The van der Waals surface area contributed by atoms with Gasteiger partial charge >= 0.3 is 5.97 Å². The zero-order valence-corrected chi connectivity index (χ0v) is 17.1. The SMILES string of the molecule is CCOC(=O)c1c(NC(=O)/C(C#N)=C/c2cccc([N+](=O)[O-])c2)sc2c1CCCC2. The molecule has 8 nitrogen and oxygen atoms in total. The molecule has 0 saturated carbocycles. The summed E-state index contributed by atoms with van der Waals surface area (Å²) in [6, 6.07) is 7.46. The second-order valence-corrected chi connectivity index (χ2v) is 7.72. The molecule has 0 radical (unpaired) electrons. The molecule has 1 aliphatic carbocycles. The van der Waals surface area contributed by atoms with Gasteiger partial charge in [-0.25, -0.2) is 4.79 Å². The van der Waals surface area contributed by atoms with Crippen LogP contribution in [0.25, 0.3) is 6.08 Å². The summed E-state index contributed by atoms with van der Waals surface area (Å²) in [7, 11) is 0. The van der Waals surface area contributed by atoms with Crippen molar-refractivity contribution in [2.45, 2.75) is 32.6 Å². The maximum atomic E-state index is 12.7. The first-order valence-electron chi connectivity index (χ1n) is 9.43. The van der Waals surface area contributed by atoms with Crippen LogP contribution in [0.4, 0.5) is 10.7 Å². The highest BCUT2D eigenvalue weighted by molar-refractivity contribution is 7.17. The van der Waals surface area contributed by atoms with Gasteiger partial charge in [0.15, 0.2) is 0 Å². The van der Waals surface area contributed by atoms with E-state index in [4.69, 9.17) is 4.74 Å². The van der Waals surface area contributed by atoms with Crippen molar-refractivity contribution >= 4 is 40.0 Å². The van der Waals surface area contributed by atoms with Gasteiger partial charge in [-0.15, -0.1) is 11.3 Å². The highest BCUT2D eigenvalue weighted by Crippen LogP contribution is 2.38. The van der Waals surface area contributed by atoms with Crippen molar-refractivity contribution in [3.63, 3.8) is 0 Å². The lowest BCUT2D eigenvalue weighted by atomic mass is 9.95. The zero-order chi connectivity index (χ0) is 21.7. The number of amides is 1. The third-order valence-electron chi connectivity index (χ3n) is 4.64. The van der Waals surface area contributed by atoms with E-state index in [0.717, 1.165) is 36.1 Å². The number of benzene rings is 1. The van der Waals surface area contributed by atoms with Crippen LogP contribution in [-0.4, -0.2) is 23.4 Å². The number of nitro groups is 1. The molecule has 0 fully saturated rings. The Bertz CT molecular complexity index is 1080. The fraction of sp³-hybridized carbons (Fsp3) is 0.286. The van der Waals surface area contributed by atoms with Crippen LogP contribution in [-0.2, 0) is 22.4 Å². The molecule has 0 unspecified atom stereocenters. The van der Waals surface area contributed by atoms with E-state index in [1.165, 1.54) is 35.6 Å². The van der Waals surface area contributed by atoms with Crippen molar-refractivity contribution < 1.29 is 19.2 Å². The van der Waals surface area contributed by atoms with Crippen molar-refractivity contribution in [1.29, 1.82) is 5.26 Å². The Morgan fingerprint density at radius 2 is 2.13 bits per heavy atom. The van der Waals surface area contributed by atoms with E-state index < -0.39 is 16.8 Å². The molecule has 1 amide bonds. The molecule has 154 valence electrons. The van der Waals surface area contributed by atoms with Crippen LogP contribution in [0.15, 0.2) is 29.8 Å². The van der Waals surface area contributed by atoms with E-state index in [1.54, 1.807) is 13.0 Å². The van der Waals surface area contributed by atoms with E-state index in [1.807, 2.05) is 6.07 Å². The number of ether oxygens (including phenoxy) is 1. The monoisotopic (exact) mass is 425 g/mol. The average molecular weight is 425 g/mol. The Morgan fingerprint density at radius 1 is 1.37 bits per heavy atom. The lowest BCUT2D eigenvalue weighted by Gasteiger charge is -2.12. The minimum atomic E-state index is -0.687. The summed E-state index contributed by atoms with van der Waals surface area (Å²) >= 11 is 1.33. The summed E-state index contributed by atoms with van der Waals surface area (Å²) in [6.07, 6.45) is 4.82. The molecule has 0 spiro atoms. The largest absolute Gasteiger partial charge is 0.462 e. The third-order valence-corrected chi connectivity index (χ3v) is 5.84. The topological polar surface area (TPSA) is 122 Å². The maximum Gasteiger partial charge on any atom is 0.341 e. The number of nitriles is 1. The van der Waals surface area contributed by atoms with Crippen LogP contribution in [0.3, 0.4) is 0 Å². The Hall–Kier alpha value is -3.51. The first kappa shape index (κ1) is 21.2. The second kappa shape index (κ2) is 9.33. The van der Waals surface area contributed by atoms with Crippen molar-refractivity contribution in [3.05, 3.63) is 61.5 Å². The quantitative estimate of drug-likeness (QED) is 0.243. The van der Waals surface area contributed by atoms with E-state index in [9.17, 15) is 25.0 Å². The summed E-state index contributed by atoms with van der Waals surface area (Å²) in [5, 5.41) is 23.4. The number of nitrogens with zero attached hydrogens (tertiary/aromatic N) is 2. The highest BCUT2D eigenvalue weighted by Gasteiger charge is 2.27. The van der Waals surface area contributed by atoms with E-state index in [2.05, 4.69) is 5.32 Å². The van der Waals surface area contributed by atoms with Crippen LogP contribution in [0.5, 0.6) is 0 Å². The number of rotatable bonds is 6. The van der Waals surface area contributed by atoms with Gasteiger partial charge in [0.2, 0.25) is 0 Å². The number of carbonyl (C=O) groups excluding carboxylic acids is 2. The molecule has 1 N–H and O–H groups in total. The molecule has 30 heavy (non-hydrogen) atoms. The molecule has 9 heteroatoms. The van der Waals surface area contributed by atoms with E-state index >= 15 is 0 Å². The minimum Gasteiger partial charge on any atom is -0.462 e. The lowest BCUT2D eigenvalue weighted by Crippen LogP contribution is -2.16. The molecular formula is C21H19N3O5S. The predicted octanol–water partition coefficient (Wildman–Crippen LogP) is 4.26. The Morgan fingerprint density at radius 3 is 2.83 bits per heavy atom. The number of aryl methyl sites for hydroxylation is 1. The van der Waals surface area contributed by atoms with Gasteiger partial charge in [-0.1, -0.05) is 12.1 Å². The molecule has 1 aromatic carbocycles. The number of hydrogen-bond acceptors (Lipinski definition) is 7. The zero-order valence-electron chi connectivity index (χ0n) is 16.3. The van der Waals surface area contributed by atoms with Gasteiger partial charge in [-0.3, -0.25) is 14.9 Å². The van der Waals surface area contributed by atoms with Gasteiger partial charge in [0.1, 0.15) is 16.6 Å². The van der Waals surface area contributed by atoms with Gasteiger partial charge in [-0.05, 0) is 49.8 Å². The van der Waals surface area contributed by atoms with Crippen molar-refractivity contribution in [3.8, 4) is 6.07 Å². The van der Waals surface area contributed by atoms with Crippen LogP contribution in [0.1, 0.15) is 46.1 Å². The number of fused-ring (bicyclic) bond motifs is 1. The number of hydrogen-bond donors (Lipinski definition) is 1. The molecule has 0 atom stereocenters. The summed E-state index contributed by atoms with van der Waals surface area (Å²) in [5.74, 6) is -1.18. The molecule has 1 heterocycles. The summed E-state index contributed by atoms with van der Waals surface area (Å²) in [6.45, 7) is 1.93. The Balaban J connectivity index is 1.91. The molecular weight excluding hydrogens is 406 g/mol. The second-order valence-electron chi connectivity index (χ2n) is 6.61. The van der Waals surface area contributed by atoms with Gasteiger partial charge in [0.05, 0.1) is 17.1 Å². The van der Waals surface area contributed by atoms with Crippen molar-refractivity contribution in [2.75, 3.05) is 11.9 Å². The third kappa shape index (κ3) is 4.55. The first-order chi connectivity index (χ1) is 14.4. The maximum absolute atomic E-state index is 12.7. The highest BCUT2D eigenvalue weighted by atomic mass is 32.1. The van der Waals surface area contributed by atoms with Crippen LogP contribution in [0, 0.1) is 21.4 Å². The molecule has 1 aromatic heterocycles. The Kier molecular flexibility index (Phi) is 6.59. The number of nitro benzene ring substituents is 1. The lowest BCUT2D eigenvalue weighted by molar-refractivity contribution is -0.384. The van der Waals surface area contributed by atoms with Gasteiger partial charge in [0.25, 0.3) is 11.6 Å². The van der Waals surface area contributed by atoms with E-state index in [0.29, 0.717) is 16.1 Å². The van der Waals surface area contributed by atoms with Gasteiger partial charge in [0, 0.05) is 17.0 Å². The first-order valence-corrected chi connectivity index (χ1v) is 10.3. The summed E-state index contributed by atoms with van der Waals surface area (Å²) < 4.78 is 5.17. The van der Waals surface area contributed by atoms with Crippen LogP contribution < -0.4 is 5.32 Å². The summed E-state index contributed by atoms with van der Waals surface area (Å²) in [5.41, 5.74) is 1.25. The van der Waals surface area contributed by atoms with E-state index in [-0.39, 0.29) is 17.9 Å². The molecule has 0 aliphatic heterocycles. The Labute approximate surface area is 176 Å². The molecule has 0 bridgehead atoms. The smallest absolute Gasteiger partial charge is 0.341 e. The fourth-order valence-corrected chi connectivity index (χ4v) is 4.56. The number of thiophene rings is 1. The predicted molar refractivity (Wildman–Crippen MR) is 112 cm³/mol. The van der Waals surface area contributed by atoms with Crippen LogP contribution >= 0.6 is 11.3 Å². The number of carbonyl (C=O) groups is 2. The van der Waals surface area contributed by atoms with Crippen molar-refractivity contribution in [1.82, 2.24) is 0 Å². The fourth-order valence-electron chi connectivity index (χ4n) is 3.29. The van der Waals surface area contributed by atoms with Crippen LogP contribution in [0.2, 0.25) is 0 Å². The molecule has 1 aliphatic rings. The number of nitrogens with one attached hydrogen (secondary N) is 1. The average Bonchev–Trinajstić information content (AvgIpc) is 3.10. The minimum absolute atomic E-state index is 0.142. The number of non-ortho nitro benzene ring substituents is 1.